The summed E-state index contributed by atoms with van der Waals surface area (Å²) in [6, 6.07) is 8.97. The summed E-state index contributed by atoms with van der Waals surface area (Å²) < 4.78 is 25.6. The van der Waals surface area contributed by atoms with Gasteiger partial charge in [0.1, 0.15) is 0 Å². The zero-order valence-electron chi connectivity index (χ0n) is 23.6. The highest BCUT2D eigenvalue weighted by molar-refractivity contribution is 7.34. The Bertz CT molecular complexity index is 1030. The molecule has 1 aliphatic heterocycles. The molecule has 0 atom stereocenters. The molecule has 0 radical (unpaired) electrons. The predicted octanol–water partition coefficient (Wildman–Crippen LogP) is 9.46. The first-order chi connectivity index (χ1) is 15.2. The molecule has 1 heterocycles. The molecule has 3 rings (SSSR count). The summed E-state index contributed by atoms with van der Waals surface area (Å²) >= 11 is 0. The van der Waals surface area contributed by atoms with Crippen LogP contribution in [-0.4, -0.2) is 0 Å². The largest absolute Gasteiger partial charge is 0.805 e. The van der Waals surface area contributed by atoms with E-state index in [0.717, 1.165) is 22.3 Å². The summed E-state index contributed by atoms with van der Waals surface area (Å²) in [5, 5.41) is 0. The van der Waals surface area contributed by atoms with Crippen LogP contribution < -0.4 is 9.05 Å². The molecule has 2 aromatic rings. The second kappa shape index (κ2) is 8.37. The lowest BCUT2D eigenvalue weighted by Crippen LogP contribution is -2.22. The SMILES string of the molecule is CC1c2cc(C(C)(C)C)cc(C(C)(C)C)c2O[P+](=O)Oc2c1cc(C(C)(C)C)cc2C(C)(C)C. The van der Waals surface area contributed by atoms with Crippen molar-refractivity contribution in [1.29, 1.82) is 0 Å². The molecule has 2 aromatic carbocycles. The van der Waals surface area contributed by atoms with Gasteiger partial charge in [0.2, 0.25) is 0 Å². The van der Waals surface area contributed by atoms with Crippen molar-refractivity contribution in [2.75, 3.05) is 0 Å². The van der Waals surface area contributed by atoms with Gasteiger partial charge in [-0.25, -0.2) is 9.05 Å². The van der Waals surface area contributed by atoms with Gasteiger partial charge in [0, 0.05) is 32.7 Å². The third kappa shape index (κ3) is 5.20. The molecular formula is C30H44O3P+. The van der Waals surface area contributed by atoms with Gasteiger partial charge in [-0.1, -0.05) is 114 Å². The third-order valence-corrected chi connectivity index (χ3v) is 7.51. The maximum Gasteiger partial charge on any atom is 0.805 e. The zero-order chi connectivity index (χ0) is 26.0. The lowest BCUT2D eigenvalue weighted by molar-refractivity contribution is 0.391. The first kappa shape index (κ1) is 26.7. The summed E-state index contributed by atoms with van der Waals surface area (Å²) in [4.78, 5) is 0. The maximum atomic E-state index is 13.3. The second-order valence-corrected chi connectivity index (χ2v) is 14.8. The fourth-order valence-electron chi connectivity index (χ4n) is 4.47. The number of fused-ring (bicyclic) bond motifs is 2. The lowest BCUT2D eigenvalue weighted by Gasteiger charge is -2.32. The Morgan fingerprint density at radius 3 is 1.18 bits per heavy atom. The molecule has 0 N–H and O–H groups in total. The van der Waals surface area contributed by atoms with E-state index in [1.807, 2.05) is 0 Å². The van der Waals surface area contributed by atoms with E-state index >= 15 is 0 Å². The van der Waals surface area contributed by atoms with Crippen molar-refractivity contribution < 1.29 is 13.6 Å². The third-order valence-electron chi connectivity index (χ3n) is 6.85. The monoisotopic (exact) mass is 483 g/mol. The van der Waals surface area contributed by atoms with Crippen LogP contribution in [0.3, 0.4) is 0 Å². The normalized spacial score (nSPS) is 18.3. The molecule has 3 nitrogen and oxygen atoms in total. The molecule has 0 unspecified atom stereocenters. The number of hydrogen-bond acceptors (Lipinski definition) is 3. The molecule has 0 saturated carbocycles. The minimum atomic E-state index is -2.38. The first-order valence-corrected chi connectivity index (χ1v) is 13.5. The highest BCUT2D eigenvalue weighted by Crippen LogP contribution is 2.52. The predicted molar refractivity (Wildman–Crippen MR) is 144 cm³/mol. The Morgan fingerprint density at radius 1 is 0.588 bits per heavy atom. The number of benzene rings is 2. The average molecular weight is 484 g/mol. The lowest BCUT2D eigenvalue weighted by atomic mass is 9.74. The molecule has 0 aromatic heterocycles. The van der Waals surface area contributed by atoms with E-state index in [1.54, 1.807) is 0 Å². The molecule has 186 valence electrons. The fourth-order valence-corrected chi connectivity index (χ4v) is 5.21. The zero-order valence-corrected chi connectivity index (χ0v) is 24.5. The van der Waals surface area contributed by atoms with E-state index in [-0.39, 0.29) is 27.6 Å². The van der Waals surface area contributed by atoms with Crippen LogP contribution >= 0.6 is 8.25 Å². The van der Waals surface area contributed by atoms with Crippen LogP contribution in [0.4, 0.5) is 0 Å². The summed E-state index contributed by atoms with van der Waals surface area (Å²) in [5.41, 5.74) is 6.42. The molecule has 0 bridgehead atoms. The highest BCUT2D eigenvalue weighted by atomic mass is 31.1. The van der Waals surface area contributed by atoms with Crippen LogP contribution in [0.1, 0.15) is 129 Å². The minimum Gasteiger partial charge on any atom is -0.222 e. The minimum absolute atomic E-state index is 0.0144. The summed E-state index contributed by atoms with van der Waals surface area (Å²) in [7, 11) is -2.38. The standard InChI is InChI=1S/C30H44O3P/c1-18-21-14-19(27(2,3)4)16-23(29(8,9)10)25(21)32-34(31)33-26-22(18)15-20(28(5,6)7)17-24(26)30(11,12)13/h14-18H,1-13H3/q+1. The quantitative estimate of drug-likeness (QED) is 0.350. The van der Waals surface area contributed by atoms with Crippen LogP contribution in [-0.2, 0) is 26.2 Å². The van der Waals surface area contributed by atoms with Gasteiger partial charge in [-0.3, -0.25) is 0 Å². The molecule has 0 saturated heterocycles. The smallest absolute Gasteiger partial charge is 0.222 e. The van der Waals surface area contributed by atoms with Crippen molar-refractivity contribution in [2.45, 2.75) is 118 Å². The van der Waals surface area contributed by atoms with E-state index in [1.165, 1.54) is 11.1 Å². The van der Waals surface area contributed by atoms with Gasteiger partial charge in [0.25, 0.3) is 0 Å². The van der Waals surface area contributed by atoms with Gasteiger partial charge >= 0.3 is 8.25 Å². The first-order valence-electron chi connectivity index (χ1n) is 12.4. The van der Waals surface area contributed by atoms with E-state index in [0.29, 0.717) is 11.5 Å². The van der Waals surface area contributed by atoms with Gasteiger partial charge in [-0.2, -0.15) is 0 Å². The molecule has 0 amide bonds. The fraction of sp³-hybridized carbons (Fsp3) is 0.600. The van der Waals surface area contributed by atoms with E-state index < -0.39 is 8.25 Å². The summed E-state index contributed by atoms with van der Waals surface area (Å²) in [6.45, 7) is 28.7. The van der Waals surface area contributed by atoms with E-state index in [2.05, 4.69) is 114 Å². The van der Waals surface area contributed by atoms with E-state index in [4.69, 9.17) is 9.05 Å². The molecule has 0 aliphatic carbocycles. The van der Waals surface area contributed by atoms with Gasteiger partial charge in [0.05, 0.1) is 0 Å². The molecule has 0 spiro atoms. The van der Waals surface area contributed by atoms with Crippen molar-refractivity contribution in [3.8, 4) is 11.5 Å². The molecule has 0 fully saturated rings. The van der Waals surface area contributed by atoms with Gasteiger partial charge < -0.3 is 0 Å². The summed E-state index contributed by atoms with van der Waals surface area (Å²) in [6.07, 6.45) is 0. The maximum absolute atomic E-state index is 13.3. The van der Waals surface area contributed by atoms with Gasteiger partial charge in [-0.15, -0.1) is 0 Å². The van der Waals surface area contributed by atoms with Crippen LogP contribution in [0.2, 0.25) is 0 Å². The molecule has 4 heteroatoms. The molecular weight excluding hydrogens is 439 g/mol. The van der Waals surface area contributed by atoms with Crippen molar-refractivity contribution in [3.05, 3.63) is 57.6 Å². The van der Waals surface area contributed by atoms with Crippen molar-refractivity contribution in [2.24, 2.45) is 0 Å². The second-order valence-electron chi connectivity index (χ2n) is 14.0. The Balaban J connectivity index is 2.45. The number of hydrogen-bond donors (Lipinski definition) is 0. The van der Waals surface area contributed by atoms with Crippen LogP contribution in [0.15, 0.2) is 24.3 Å². The van der Waals surface area contributed by atoms with Crippen molar-refractivity contribution in [3.63, 3.8) is 0 Å². The van der Waals surface area contributed by atoms with Crippen molar-refractivity contribution in [1.82, 2.24) is 0 Å². The van der Waals surface area contributed by atoms with Crippen molar-refractivity contribution >= 4 is 8.25 Å². The highest BCUT2D eigenvalue weighted by Gasteiger charge is 2.41. The summed E-state index contributed by atoms with van der Waals surface area (Å²) in [5.74, 6) is 1.43. The van der Waals surface area contributed by atoms with Gasteiger partial charge in [0.15, 0.2) is 11.5 Å². The Labute approximate surface area is 208 Å². The Morgan fingerprint density at radius 2 is 0.912 bits per heavy atom. The Hall–Kier alpha value is -1.86. The molecule has 1 aliphatic rings. The Kier molecular flexibility index (Phi) is 6.58. The van der Waals surface area contributed by atoms with Gasteiger partial charge in [-0.05, 0) is 32.8 Å². The number of rotatable bonds is 0. The van der Waals surface area contributed by atoms with E-state index in [9.17, 15) is 4.57 Å². The van der Waals surface area contributed by atoms with Crippen LogP contribution in [0.5, 0.6) is 11.5 Å². The average Bonchev–Trinajstić information content (AvgIpc) is 2.63. The molecule has 34 heavy (non-hydrogen) atoms. The van der Waals surface area contributed by atoms with Crippen LogP contribution in [0.25, 0.3) is 0 Å². The topological polar surface area (TPSA) is 35.5 Å². The van der Waals surface area contributed by atoms with Crippen LogP contribution in [0, 0.1) is 0 Å².